The summed E-state index contributed by atoms with van der Waals surface area (Å²) in [4.78, 5) is 37.8. The van der Waals surface area contributed by atoms with E-state index in [4.69, 9.17) is 0 Å². The van der Waals surface area contributed by atoms with Gasteiger partial charge in [0.25, 0.3) is 11.6 Å². The third-order valence-corrected chi connectivity index (χ3v) is 5.92. The van der Waals surface area contributed by atoms with Crippen molar-refractivity contribution in [2.45, 2.75) is 83.2 Å². The number of nitro benzene ring substituents is 1. The third kappa shape index (κ3) is 4.69. The zero-order chi connectivity index (χ0) is 20.1. The number of nitrogens with zero attached hydrogens (tertiary/aromatic N) is 2. The van der Waals surface area contributed by atoms with Crippen molar-refractivity contribution in [2.24, 2.45) is 0 Å². The van der Waals surface area contributed by atoms with Crippen molar-refractivity contribution in [1.82, 2.24) is 4.90 Å². The summed E-state index contributed by atoms with van der Waals surface area (Å²) in [6.07, 6.45) is 11.0. The molecule has 0 saturated heterocycles. The van der Waals surface area contributed by atoms with Gasteiger partial charge in [-0.15, -0.1) is 0 Å². The Balaban J connectivity index is 1.91. The second-order valence-corrected chi connectivity index (χ2v) is 7.97. The quantitative estimate of drug-likeness (QED) is 0.587. The first-order chi connectivity index (χ1) is 13.5. The van der Waals surface area contributed by atoms with Gasteiger partial charge in [0.15, 0.2) is 0 Å². The van der Waals surface area contributed by atoms with Gasteiger partial charge in [-0.3, -0.25) is 19.7 Å². The minimum absolute atomic E-state index is 0.115. The smallest absolute Gasteiger partial charge is 0.293 e. The Bertz CT molecular complexity index is 719. The van der Waals surface area contributed by atoms with Crippen LogP contribution in [0.2, 0.25) is 0 Å². The lowest BCUT2D eigenvalue weighted by molar-refractivity contribution is -0.384. The maximum Gasteiger partial charge on any atom is 0.293 e. The van der Waals surface area contributed by atoms with Gasteiger partial charge in [-0.2, -0.15) is 0 Å². The molecule has 0 heterocycles. The minimum Gasteiger partial charge on any atom is -0.333 e. The summed E-state index contributed by atoms with van der Waals surface area (Å²) in [5.41, 5.74) is 0.209. The van der Waals surface area contributed by atoms with Crippen LogP contribution in [0.15, 0.2) is 18.2 Å². The van der Waals surface area contributed by atoms with Crippen molar-refractivity contribution in [3.8, 4) is 0 Å². The average Bonchev–Trinajstić information content (AvgIpc) is 2.69. The molecule has 2 amide bonds. The summed E-state index contributed by atoms with van der Waals surface area (Å²) in [6.45, 7) is 1.30. The van der Waals surface area contributed by atoms with E-state index in [1.165, 1.54) is 31.9 Å². The molecule has 1 aromatic rings. The first-order valence-electron chi connectivity index (χ1n) is 10.4. The zero-order valence-corrected chi connectivity index (χ0v) is 16.5. The second kappa shape index (κ2) is 9.17. The largest absolute Gasteiger partial charge is 0.333 e. The Labute approximate surface area is 165 Å². The number of amides is 2. The van der Waals surface area contributed by atoms with Gasteiger partial charge in [0, 0.05) is 30.6 Å². The SMILES string of the molecule is CC(=O)Nc1ccc(C(=O)N(C2CCCCC2)C2CCCCC2)cc1[N+](=O)[O-]. The number of carbonyl (C=O) groups is 2. The summed E-state index contributed by atoms with van der Waals surface area (Å²) in [5.74, 6) is -0.496. The Kier molecular flexibility index (Phi) is 6.65. The standard InChI is InChI=1S/C21H29N3O4/c1-15(25)22-19-13-12-16(14-20(19)24(27)28)21(26)23(17-8-4-2-5-9-17)18-10-6-3-7-11-18/h12-14,17-18H,2-11H2,1H3,(H,22,25). The topological polar surface area (TPSA) is 92.6 Å². The molecule has 0 aliphatic heterocycles. The predicted octanol–water partition coefficient (Wildman–Crippen LogP) is 4.66. The molecule has 0 unspecified atom stereocenters. The van der Waals surface area contributed by atoms with E-state index >= 15 is 0 Å². The number of anilines is 1. The fourth-order valence-corrected chi connectivity index (χ4v) is 4.61. The Morgan fingerprint density at radius 1 is 1.00 bits per heavy atom. The van der Waals surface area contributed by atoms with Crippen LogP contribution in [0.5, 0.6) is 0 Å². The predicted molar refractivity (Wildman–Crippen MR) is 107 cm³/mol. The van der Waals surface area contributed by atoms with Crippen LogP contribution in [0.4, 0.5) is 11.4 Å². The lowest BCUT2D eigenvalue weighted by Crippen LogP contribution is -2.48. The van der Waals surface area contributed by atoms with Gasteiger partial charge >= 0.3 is 0 Å². The highest BCUT2D eigenvalue weighted by Crippen LogP contribution is 2.33. The van der Waals surface area contributed by atoms with Crippen LogP contribution in [0.3, 0.4) is 0 Å². The third-order valence-electron chi connectivity index (χ3n) is 5.92. The van der Waals surface area contributed by atoms with Gasteiger partial charge < -0.3 is 10.2 Å². The van der Waals surface area contributed by atoms with Gasteiger partial charge in [0.2, 0.25) is 5.91 Å². The monoisotopic (exact) mass is 387 g/mol. The Hall–Kier alpha value is -2.44. The Morgan fingerprint density at radius 2 is 1.54 bits per heavy atom. The summed E-state index contributed by atoms with van der Waals surface area (Å²) < 4.78 is 0. The van der Waals surface area contributed by atoms with Crippen molar-refractivity contribution < 1.29 is 14.5 Å². The second-order valence-electron chi connectivity index (χ2n) is 7.97. The maximum absolute atomic E-state index is 13.5. The number of hydrogen-bond acceptors (Lipinski definition) is 4. The molecule has 0 atom stereocenters. The molecule has 1 aromatic carbocycles. The van der Waals surface area contributed by atoms with Crippen LogP contribution in [0.25, 0.3) is 0 Å². The van der Waals surface area contributed by atoms with Crippen molar-refractivity contribution in [3.63, 3.8) is 0 Å². The Morgan fingerprint density at radius 3 is 2.00 bits per heavy atom. The van der Waals surface area contributed by atoms with Crippen molar-refractivity contribution in [1.29, 1.82) is 0 Å². The molecule has 2 aliphatic carbocycles. The molecule has 0 bridgehead atoms. The number of rotatable bonds is 5. The molecule has 28 heavy (non-hydrogen) atoms. The van der Waals surface area contributed by atoms with Crippen LogP contribution in [-0.2, 0) is 4.79 Å². The van der Waals surface area contributed by atoms with Gasteiger partial charge in [0.1, 0.15) is 5.69 Å². The maximum atomic E-state index is 13.5. The average molecular weight is 387 g/mol. The zero-order valence-electron chi connectivity index (χ0n) is 16.5. The lowest BCUT2D eigenvalue weighted by Gasteiger charge is -2.41. The van der Waals surface area contributed by atoms with Gasteiger partial charge in [0.05, 0.1) is 4.92 Å². The van der Waals surface area contributed by atoms with E-state index in [2.05, 4.69) is 5.32 Å². The fraction of sp³-hybridized carbons (Fsp3) is 0.619. The molecule has 152 valence electrons. The molecular formula is C21H29N3O4. The molecular weight excluding hydrogens is 358 g/mol. The van der Waals surface area contributed by atoms with Crippen LogP contribution in [0, 0.1) is 10.1 Å². The molecule has 0 aromatic heterocycles. The van der Waals surface area contributed by atoms with Crippen molar-refractivity contribution in [3.05, 3.63) is 33.9 Å². The number of hydrogen-bond donors (Lipinski definition) is 1. The molecule has 7 heteroatoms. The van der Waals surface area contributed by atoms with Crippen LogP contribution in [0.1, 0.15) is 81.5 Å². The summed E-state index contributed by atoms with van der Waals surface area (Å²) in [7, 11) is 0. The highest BCUT2D eigenvalue weighted by atomic mass is 16.6. The number of nitrogens with one attached hydrogen (secondary N) is 1. The lowest BCUT2D eigenvalue weighted by atomic mass is 9.88. The van der Waals surface area contributed by atoms with E-state index in [1.807, 2.05) is 4.90 Å². The summed E-state index contributed by atoms with van der Waals surface area (Å²) in [5, 5.41) is 14.0. The van der Waals surface area contributed by atoms with E-state index in [0.717, 1.165) is 51.4 Å². The summed E-state index contributed by atoms with van der Waals surface area (Å²) in [6, 6.07) is 4.81. The van der Waals surface area contributed by atoms with E-state index < -0.39 is 4.92 Å². The summed E-state index contributed by atoms with van der Waals surface area (Å²) >= 11 is 0. The highest BCUT2D eigenvalue weighted by Gasteiger charge is 2.33. The molecule has 0 radical (unpaired) electrons. The molecule has 3 rings (SSSR count). The van der Waals surface area contributed by atoms with E-state index in [1.54, 1.807) is 6.07 Å². The first-order valence-corrected chi connectivity index (χ1v) is 10.4. The van der Waals surface area contributed by atoms with E-state index in [9.17, 15) is 19.7 Å². The first kappa shape index (κ1) is 20.3. The van der Waals surface area contributed by atoms with E-state index in [0.29, 0.717) is 5.56 Å². The van der Waals surface area contributed by atoms with E-state index in [-0.39, 0.29) is 35.3 Å². The molecule has 2 saturated carbocycles. The normalized spacial score (nSPS) is 18.5. The van der Waals surface area contributed by atoms with Gasteiger partial charge in [-0.25, -0.2) is 0 Å². The molecule has 0 spiro atoms. The van der Waals surface area contributed by atoms with Crippen molar-refractivity contribution in [2.75, 3.05) is 5.32 Å². The fourth-order valence-electron chi connectivity index (χ4n) is 4.61. The molecule has 2 aliphatic rings. The van der Waals surface area contributed by atoms with Crippen LogP contribution >= 0.6 is 0 Å². The van der Waals surface area contributed by atoms with Gasteiger partial charge in [-0.05, 0) is 37.8 Å². The number of carbonyl (C=O) groups excluding carboxylic acids is 2. The number of benzene rings is 1. The molecule has 2 fully saturated rings. The molecule has 1 N–H and O–H groups in total. The van der Waals surface area contributed by atoms with Crippen molar-refractivity contribution >= 4 is 23.2 Å². The van der Waals surface area contributed by atoms with Crippen LogP contribution < -0.4 is 5.32 Å². The van der Waals surface area contributed by atoms with Gasteiger partial charge in [-0.1, -0.05) is 38.5 Å². The van der Waals surface area contributed by atoms with Crippen LogP contribution in [-0.4, -0.2) is 33.7 Å². The molecule has 7 nitrogen and oxygen atoms in total. The highest BCUT2D eigenvalue weighted by molar-refractivity contribution is 5.98. The minimum atomic E-state index is -0.548. The number of nitro groups is 1.